The molecule has 3 heteroatoms. The first-order valence-corrected chi connectivity index (χ1v) is 4.58. The fourth-order valence-corrected chi connectivity index (χ4v) is 1.28. The molecular formula is C10H17N3. The van der Waals surface area contributed by atoms with Crippen molar-refractivity contribution in [3.63, 3.8) is 0 Å². The Balaban J connectivity index is 2.69. The Kier molecular flexibility index (Phi) is 3.89. The smallest absolute Gasteiger partial charge is 0.0935 e. The molecule has 1 unspecified atom stereocenters. The number of nitrogens with two attached hydrogens (primary N) is 2. The highest BCUT2D eigenvalue weighted by Crippen LogP contribution is 2.10. The number of nitrogens with one attached hydrogen (secondary N) is 1. The van der Waals surface area contributed by atoms with Crippen molar-refractivity contribution in [2.75, 3.05) is 0 Å². The average molecular weight is 179 g/mol. The summed E-state index contributed by atoms with van der Waals surface area (Å²) in [6.45, 7) is 2.17. The second-order valence-corrected chi connectivity index (χ2v) is 3.14. The molecule has 1 aromatic rings. The van der Waals surface area contributed by atoms with E-state index in [1.54, 1.807) is 0 Å². The molecule has 0 amide bonds. The molecule has 0 bridgehead atoms. The van der Waals surface area contributed by atoms with E-state index in [0.717, 1.165) is 12.0 Å². The van der Waals surface area contributed by atoms with Gasteiger partial charge in [-0.1, -0.05) is 37.6 Å². The lowest BCUT2D eigenvalue weighted by Crippen LogP contribution is -2.34. The summed E-state index contributed by atoms with van der Waals surface area (Å²) in [4.78, 5) is 0. The molecule has 0 spiro atoms. The quantitative estimate of drug-likeness (QED) is 0.368. The molecule has 72 valence electrons. The van der Waals surface area contributed by atoms with E-state index in [0.29, 0.717) is 0 Å². The van der Waals surface area contributed by atoms with Crippen LogP contribution in [0.15, 0.2) is 24.3 Å². The van der Waals surface area contributed by atoms with Crippen LogP contribution in [0.3, 0.4) is 0 Å². The van der Waals surface area contributed by atoms with Crippen molar-refractivity contribution in [2.45, 2.75) is 25.9 Å². The molecule has 13 heavy (non-hydrogen) atoms. The lowest BCUT2D eigenvalue weighted by Gasteiger charge is -2.10. The first kappa shape index (κ1) is 10.2. The maximum Gasteiger partial charge on any atom is 0.0935 e. The van der Waals surface area contributed by atoms with E-state index < -0.39 is 0 Å². The van der Waals surface area contributed by atoms with Crippen LogP contribution in [-0.2, 0) is 6.42 Å². The zero-order valence-corrected chi connectivity index (χ0v) is 7.96. The summed E-state index contributed by atoms with van der Waals surface area (Å²) < 4.78 is 0. The lowest BCUT2D eigenvalue weighted by molar-refractivity contribution is 0.576. The van der Waals surface area contributed by atoms with Crippen molar-refractivity contribution in [2.24, 2.45) is 11.6 Å². The van der Waals surface area contributed by atoms with E-state index in [9.17, 15) is 0 Å². The van der Waals surface area contributed by atoms with Crippen LogP contribution in [0, 0.1) is 0 Å². The Morgan fingerprint density at radius 2 is 1.92 bits per heavy atom. The van der Waals surface area contributed by atoms with Gasteiger partial charge < -0.3 is 5.73 Å². The molecule has 1 atom stereocenters. The lowest BCUT2D eigenvalue weighted by atomic mass is 10.1. The maximum absolute atomic E-state index is 5.68. The standard InChI is InChI=1S/C10H17N3/c1-2-3-8-4-6-9(7-5-8)10(11)13-12/h4-7,10,13H,2-3,11-12H2,1H3. The molecule has 0 saturated carbocycles. The molecule has 3 nitrogen and oxygen atoms in total. The SMILES string of the molecule is CCCc1ccc(C(N)NN)cc1. The minimum absolute atomic E-state index is 0.268. The van der Waals surface area contributed by atoms with Crippen molar-refractivity contribution in [1.82, 2.24) is 5.43 Å². The van der Waals surface area contributed by atoms with Crippen molar-refractivity contribution in [1.29, 1.82) is 0 Å². The van der Waals surface area contributed by atoms with E-state index in [1.807, 2.05) is 12.1 Å². The Bertz CT molecular complexity index is 243. The van der Waals surface area contributed by atoms with Crippen LogP contribution in [-0.4, -0.2) is 0 Å². The van der Waals surface area contributed by atoms with Gasteiger partial charge in [0.25, 0.3) is 0 Å². The second kappa shape index (κ2) is 4.97. The van der Waals surface area contributed by atoms with Crippen LogP contribution in [0.2, 0.25) is 0 Å². The number of benzene rings is 1. The Hall–Kier alpha value is -0.900. The van der Waals surface area contributed by atoms with Crippen LogP contribution in [0.1, 0.15) is 30.6 Å². The predicted molar refractivity (Wildman–Crippen MR) is 54.7 cm³/mol. The van der Waals surface area contributed by atoms with Gasteiger partial charge in [0.2, 0.25) is 0 Å². The highest BCUT2D eigenvalue weighted by Gasteiger charge is 2.01. The summed E-state index contributed by atoms with van der Waals surface area (Å²) in [5, 5.41) is 0. The van der Waals surface area contributed by atoms with Gasteiger partial charge in [-0.2, -0.15) is 0 Å². The van der Waals surface area contributed by atoms with Gasteiger partial charge in [0.1, 0.15) is 0 Å². The molecule has 0 aromatic heterocycles. The zero-order valence-electron chi connectivity index (χ0n) is 7.96. The van der Waals surface area contributed by atoms with Gasteiger partial charge >= 0.3 is 0 Å². The predicted octanol–water partition coefficient (Wildman–Crippen LogP) is 1.06. The van der Waals surface area contributed by atoms with Crippen LogP contribution in [0.5, 0.6) is 0 Å². The molecular weight excluding hydrogens is 162 g/mol. The molecule has 1 aromatic carbocycles. The summed E-state index contributed by atoms with van der Waals surface area (Å²) >= 11 is 0. The topological polar surface area (TPSA) is 64.1 Å². The van der Waals surface area contributed by atoms with Crippen LogP contribution < -0.4 is 17.0 Å². The Morgan fingerprint density at radius 1 is 1.31 bits per heavy atom. The van der Waals surface area contributed by atoms with Gasteiger partial charge in [0.05, 0.1) is 6.17 Å². The molecule has 0 heterocycles. The van der Waals surface area contributed by atoms with E-state index in [-0.39, 0.29) is 6.17 Å². The van der Waals surface area contributed by atoms with Gasteiger partial charge in [0, 0.05) is 0 Å². The van der Waals surface area contributed by atoms with Gasteiger partial charge in [-0.15, -0.1) is 0 Å². The number of hydrogen-bond acceptors (Lipinski definition) is 3. The molecule has 5 N–H and O–H groups in total. The highest BCUT2D eigenvalue weighted by atomic mass is 15.3. The first-order chi connectivity index (χ1) is 6.27. The third-order valence-electron chi connectivity index (χ3n) is 2.06. The van der Waals surface area contributed by atoms with Gasteiger partial charge in [-0.25, -0.2) is 5.43 Å². The summed E-state index contributed by atoms with van der Waals surface area (Å²) in [7, 11) is 0. The van der Waals surface area contributed by atoms with Gasteiger partial charge in [0.15, 0.2) is 0 Å². The Labute approximate surface area is 79.1 Å². The minimum Gasteiger partial charge on any atom is -0.311 e. The normalized spacial score (nSPS) is 12.8. The van der Waals surface area contributed by atoms with Crippen molar-refractivity contribution < 1.29 is 0 Å². The van der Waals surface area contributed by atoms with Gasteiger partial charge in [-0.05, 0) is 17.5 Å². The molecule has 0 saturated heterocycles. The maximum atomic E-state index is 5.68. The van der Waals surface area contributed by atoms with Crippen molar-refractivity contribution in [3.8, 4) is 0 Å². The van der Waals surface area contributed by atoms with Crippen LogP contribution in [0.4, 0.5) is 0 Å². The molecule has 1 rings (SSSR count). The number of rotatable bonds is 4. The van der Waals surface area contributed by atoms with Crippen LogP contribution in [0.25, 0.3) is 0 Å². The number of hydrogen-bond donors (Lipinski definition) is 3. The van der Waals surface area contributed by atoms with E-state index >= 15 is 0 Å². The molecule has 0 aliphatic heterocycles. The zero-order chi connectivity index (χ0) is 9.68. The van der Waals surface area contributed by atoms with E-state index in [1.165, 1.54) is 12.0 Å². The second-order valence-electron chi connectivity index (χ2n) is 3.14. The molecule has 0 fully saturated rings. The number of hydrazine groups is 1. The van der Waals surface area contributed by atoms with E-state index in [4.69, 9.17) is 11.6 Å². The first-order valence-electron chi connectivity index (χ1n) is 4.58. The fraction of sp³-hybridized carbons (Fsp3) is 0.400. The molecule has 0 aliphatic carbocycles. The van der Waals surface area contributed by atoms with Crippen LogP contribution >= 0.6 is 0 Å². The fourth-order valence-electron chi connectivity index (χ4n) is 1.28. The summed E-state index contributed by atoms with van der Waals surface area (Å²) in [6.07, 6.45) is 2.02. The summed E-state index contributed by atoms with van der Waals surface area (Å²) in [5.41, 5.74) is 10.6. The summed E-state index contributed by atoms with van der Waals surface area (Å²) in [5.74, 6) is 5.23. The minimum atomic E-state index is -0.268. The third kappa shape index (κ3) is 2.81. The van der Waals surface area contributed by atoms with E-state index in [2.05, 4.69) is 24.5 Å². The molecule has 0 radical (unpaired) electrons. The van der Waals surface area contributed by atoms with Crippen molar-refractivity contribution in [3.05, 3.63) is 35.4 Å². The highest BCUT2D eigenvalue weighted by molar-refractivity contribution is 5.24. The van der Waals surface area contributed by atoms with Gasteiger partial charge in [-0.3, -0.25) is 5.84 Å². The third-order valence-corrected chi connectivity index (χ3v) is 2.06. The van der Waals surface area contributed by atoms with Crippen molar-refractivity contribution >= 4 is 0 Å². The number of aryl methyl sites for hydroxylation is 1. The molecule has 0 aliphatic rings. The average Bonchev–Trinajstić information content (AvgIpc) is 2.18. The monoisotopic (exact) mass is 179 g/mol. The summed E-state index contributed by atoms with van der Waals surface area (Å²) in [6, 6.07) is 8.21. The Morgan fingerprint density at radius 3 is 2.38 bits per heavy atom. The largest absolute Gasteiger partial charge is 0.311 e.